The maximum Gasteiger partial charge on any atom is 0.305 e. The van der Waals surface area contributed by atoms with E-state index in [4.69, 9.17) is 4.74 Å². The number of unbranched alkanes of at least 4 members (excludes halogenated alkanes) is 42. The fourth-order valence-corrected chi connectivity index (χ4v) is 9.93. The van der Waals surface area contributed by atoms with E-state index in [9.17, 15) is 19.8 Å². The number of aliphatic hydroxyl groups is 2. The van der Waals surface area contributed by atoms with E-state index in [1.165, 1.54) is 257 Å². The van der Waals surface area contributed by atoms with Gasteiger partial charge in [-0.25, -0.2) is 0 Å². The van der Waals surface area contributed by atoms with Gasteiger partial charge in [-0.2, -0.15) is 0 Å². The van der Waals surface area contributed by atoms with Crippen LogP contribution in [0.3, 0.4) is 0 Å². The first-order valence-corrected chi connectivity index (χ1v) is 33.1. The summed E-state index contributed by atoms with van der Waals surface area (Å²) < 4.78 is 5.49. The van der Waals surface area contributed by atoms with Crippen LogP contribution in [-0.2, 0) is 14.3 Å². The molecule has 75 heavy (non-hydrogen) atoms. The molecule has 0 saturated carbocycles. The zero-order valence-electron chi connectivity index (χ0n) is 50.0. The van der Waals surface area contributed by atoms with Gasteiger partial charge in [0.25, 0.3) is 0 Å². The normalized spacial score (nSPS) is 13.0. The summed E-state index contributed by atoms with van der Waals surface area (Å²) in [5.74, 6) is -0.0664. The predicted octanol–water partition coefficient (Wildman–Crippen LogP) is 21.1. The molecule has 2 unspecified atom stereocenters. The molecule has 0 aromatic heterocycles. The van der Waals surface area contributed by atoms with Gasteiger partial charge >= 0.3 is 5.97 Å². The lowest BCUT2D eigenvalue weighted by Gasteiger charge is -2.20. The SMILES string of the molecule is CCCCCC/C=C\C/C=C\CCCCCCCCCC(=O)OCCCCCCCCCCC/C=C\C/C=C\CCCCCCCCCCCCCCCC(=O)NC(CO)C(O)/C=C/CCCCCCCCCCC. The van der Waals surface area contributed by atoms with Gasteiger partial charge in [0.2, 0.25) is 5.91 Å². The van der Waals surface area contributed by atoms with Crippen LogP contribution in [0.25, 0.3) is 0 Å². The van der Waals surface area contributed by atoms with Crippen LogP contribution in [0.4, 0.5) is 0 Å². The van der Waals surface area contributed by atoms with Crippen LogP contribution in [0.2, 0.25) is 0 Å². The van der Waals surface area contributed by atoms with Crippen LogP contribution in [0.15, 0.2) is 60.8 Å². The number of esters is 1. The second kappa shape index (κ2) is 64.1. The van der Waals surface area contributed by atoms with Gasteiger partial charge in [-0.15, -0.1) is 0 Å². The molecule has 0 aliphatic carbocycles. The number of hydrogen-bond acceptors (Lipinski definition) is 5. The highest BCUT2D eigenvalue weighted by Crippen LogP contribution is 2.17. The van der Waals surface area contributed by atoms with Gasteiger partial charge in [-0.1, -0.05) is 293 Å². The van der Waals surface area contributed by atoms with Crippen LogP contribution in [0.5, 0.6) is 0 Å². The Morgan fingerprint density at radius 3 is 1.03 bits per heavy atom. The third-order valence-corrected chi connectivity index (χ3v) is 15.0. The molecule has 6 nitrogen and oxygen atoms in total. The van der Waals surface area contributed by atoms with E-state index >= 15 is 0 Å². The van der Waals surface area contributed by atoms with Crippen LogP contribution in [-0.4, -0.2) is 47.4 Å². The van der Waals surface area contributed by atoms with Crippen LogP contribution < -0.4 is 5.32 Å². The van der Waals surface area contributed by atoms with Crippen LogP contribution in [0.1, 0.15) is 341 Å². The molecule has 0 spiro atoms. The van der Waals surface area contributed by atoms with Gasteiger partial charge in [0.15, 0.2) is 0 Å². The highest BCUT2D eigenvalue weighted by Gasteiger charge is 2.18. The van der Waals surface area contributed by atoms with Crippen LogP contribution in [0, 0.1) is 0 Å². The molecular weight excluding hydrogens is 923 g/mol. The fourth-order valence-electron chi connectivity index (χ4n) is 9.93. The Kier molecular flexibility index (Phi) is 62.0. The van der Waals surface area contributed by atoms with E-state index in [1.807, 2.05) is 6.08 Å². The number of rotatable bonds is 61. The Hall–Kier alpha value is -2.44. The van der Waals surface area contributed by atoms with Gasteiger partial charge in [0, 0.05) is 12.8 Å². The molecule has 0 bridgehead atoms. The van der Waals surface area contributed by atoms with Gasteiger partial charge in [-0.3, -0.25) is 9.59 Å². The number of ether oxygens (including phenoxy) is 1. The average molecular weight is 1050 g/mol. The minimum Gasteiger partial charge on any atom is -0.466 e. The third kappa shape index (κ3) is 60.6. The standard InChI is InChI=1S/C69H127NO5/c1-3-5-7-9-11-13-15-16-17-18-33-36-39-43-47-51-55-59-63-69(74)75-64-60-56-52-48-44-40-37-34-31-29-27-25-23-21-19-20-22-24-26-28-30-32-35-38-42-46-50-54-58-62-68(73)70-66(65-71)67(72)61-57-53-49-45-41-14-12-10-8-6-4-2/h13,15,17-19,21,25,27,57,61,66-67,71-72H,3-12,14,16,20,22-24,26,28-56,58-60,62-65H2,1-2H3,(H,70,73)/b15-13-,18-17-,21-19-,27-25-,61-57+. The van der Waals surface area contributed by atoms with Crippen molar-refractivity contribution in [1.82, 2.24) is 5.32 Å². The Bertz CT molecular complexity index is 1300. The van der Waals surface area contributed by atoms with Crippen LogP contribution >= 0.6 is 0 Å². The number of aliphatic hydroxyl groups excluding tert-OH is 2. The second-order valence-electron chi connectivity index (χ2n) is 22.4. The smallest absolute Gasteiger partial charge is 0.305 e. The number of allylic oxidation sites excluding steroid dienone is 9. The molecule has 2 atom stereocenters. The first-order chi connectivity index (χ1) is 37.0. The van der Waals surface area contributed by atoms with Crippen molar-refractivity contribution in [3.63, 3.8) is 0 Å². The summed E-state index contributed by atoms with van der Waals surface area (Å²) in [7, 11) is 0. The molecule has 1 amide bonds. The Morgan fingerprint density at radius 2 is 0.667 bits per heavy atom. The van der Waals surface area contributed by atoms with Crippen molar-refractivity contribution in [2.24, 2.45) is 0 Å². The number of carbonyl (C=O) groups is 2. The van der Waals surface area contributed by atoms with Crippen molar-refractivity contribution in [3.8, 4) is 0 Å². The molecule has 0 aromatic rings. The fraction of sp³-hybridized carbons (Fsp3) is 0.826. The molecule has 0 saturated heterocycles. The van der Waals surface area contributed by atoms with E-state index in [2.05, 4.69) is 67.8 Å². The highest BCUT2D eigenvalue weighted by molar-refractivity contribution is 5.76. The molecular formula is C69H127NO5. The first kappa shape index (κ1) is 72.6. The molecule has 0 radical (unpaired) electrons. The molecule has 6 heteroatoms. The molecule has 0 aliphatic heterocycles. The first-order valence-electron chi connectivity index (χ1n) is 33.1. The maximum absolute atomic E-state index is 12.4. The third-order valence-electron chi connectivity index (χ3n) is 15.0. The number of hydrogen-bond donors (Lipinski definition) is 3. The summed E-state index contributed by atoms with van der Waals surface area (Å²) in [5.41, 5.74) is 0. The van der Waals surface area contributed by atoms with Crippen molar-refractivity contribution >= 4 is 11.9 Å². The molecule has 438 valence electrons. The zero-order valence-corrected chi connectivity index (χ0v) is 50.0. The van der Waals surface area contributed by atoms with Crippen molar-refractivity contribution in [1.29, 1.82) is 0 Å². The van der Waals surface area contributed by atoms with Crippen molar-refractivity contribution in [3.05, 3.63) is 60.8 Å². The molecule has 0 aliphatic rings. The lowest BCUT2D eigenvalue weighted by molar-refractivity contribution is -0.143. The lowest BCUT2D eigenvalue weighted by Crippen LogP contribution is -2.45. The van der Waals surface area contributed by atoms with Gasteiger partial charge in [-0.05, 0) is 96.3 Å². The Balaban J connectivity index is 3.41. The van der Waals surface area contributed by atoms with Crippen molar-refractivity contribution in [2.45, 2.75) is 353 Å². The lowest BCUT2D eigenvalue weighted by atomic mass is 10.0. The van der Waals surface area contributed by atoms with E-state index in [-0.39, 0.29) is 18.5 Å². The summed E-state index contributed by atoms with van der Waals surface area (Å²) in [5, 5.41) is 23.0. The van der Waals surface area contributed by atoms with Crippen molar-refractivity contribution in [2.75, 3.05) is 13.2 Å². The van der Waals surface area contributed by atoms with E-state index in [1.54, 1.807) is 6.08 Å². The van der Waals surface area contributed by atoms with E-state index in [0.29, 0.717) is 19.4 Å². The number of nitrogens with one attached hydrogen (secondary N) is 1. The summed E-state index contributed by atoms with van der Waals surface area (Å²) in [6.07, 6.45) is 84.3. The second-order valence-corrected chi connectivity index (χ2v) is 22.4. The Morgan fingerprint density at radius 1 is 0.373 bits per heavy atom. The number of amides is 1. The monoisotopic (exact) mass is 1050 g/mol. The topological polar surface area (TPSA) is 95.9 Å². The molecule has 0 heterocycles. The van der Waals surface area contributed by atoms with Gasteiger partial charge in [0.1, 0.15) is 0 Å². The van der Waals surface area contributed by atoms with Gasteiger partial charge in [0.05, 0.1) is 25.4 Å². The summed E-state index contributed by atoms with van der Waals surface area (Å²) >= 11 is 0. The quantitative estimate of drug-likeness (QED) is 0.0320. The molecule has 0 aromatic carbocycles. The summed E-state index contributed by atoms with van der Waals surface area (Å²) in [6.45, 7) is 4.87. The zero-order chi connectivity index (χ0) is 54.3. The molecule has 0 rings (SSSR count). The van der Waals surface area contributed by atoms with E-state index < -0.39 is 12.1 Å². The van der Waals surface area contributed by atoms with Gasteiger partial charge < -0.3 is 20.3 Å². The van der Waals surface area contributed by atoms with Crippen molar-refractivity contribution < 1.29 is 24.5 Å². The number of carbonyl (C=O) groups excluding carboxylic acids is 2. The summed E-state index contributed by atoms with van der Waals surface area (Å²) in [6, 6.07) is -0.628. The Labute approximate surface area is 467 Å². The predicted molar refractivity (Wildman–Crippen MR) is 328 cm³/mol. The minimum atomic E-state index is -0.845. The molecule has 3 N–H and O–H groups in total. The minimum absolute atomic E-state index is 0.00388. The van der Waals surface area contributed by atoms with E-state index in [0.717, 1.165) is 57.8 Å². The maximum atomic E-state index is 12.4. The largest absolute Gasteiger partial charge is 0.466 e. The molecule has 0 fully saturated rings. The highest BCUT2D eigenvalue weighted by atomic mass is 16.5. The average Bonchev–Trinajstić information content (AvgIpc) is 3.41. The summed E-state index contributed by atoms with van der Waals surface area (Å²) in [4.78, 5) is 24.5.